The van der Waals surface area contributed by atoms with Crippen LogP contribution in [0.4, 0.5) is 0 Å². The van der Waals surface area contributed by atoms with Gasteiger partial charge in [-0.3, -0.25) is 0 Å². The molecule has 4 aliphatic carbocycles. The van der Waals surface area contributed by atoms with Crippen molar-refractivity contribution < 1.29 is 35.1 Å². The average molecular weight is 423 g/mol. The maximum atomic E-state index is 12.1. The number of fused-ring (bicyclic) bond motifs is 5. The Kier molecular flexibility index (Phi) is 4.54. The van der Waals surface area contributed by atoms with Crippen LogP contribution in [-0.4, -0.2) is 68.1 Å². The number of hydrogen-bond donors (Lipinski definition) is 5. The lowest BCUT2D eigenvalue weighted by Crippen LogP contribution is -2.72. The quantitative estimate of drug-likeness (QED) is 0.414. The van der Waals surface area contributed by atoms with Crippen LogP contribution in [0.15, 0.2) is 11.6 Å². The molecule has 5 rings (SSSR count). The highest BCUT2D eigenvalue weighted by atomic mass is 16.5. The smallest absolute Gasteiger partial charge is 0.331 e. The number of ether oxygens (including phenoxy) is 1. The lowest BCUT2D eigenvalue weighted by Gasteiger charge is -2.67. The molecule has 0 radical (unpaired) electrons. The zero-order valence-corrected chi connectivity index (χ0v) is 17.6. The molecule has 0 saturated heterocycles. The summed E-state index contributed by atoms with van der Waals surface area (Å²) in [4.78, 5) is 11.7. The third-order valence-electron chi connectivity index (χ3n) is 10.0. The third-order valence-corrected chi connectivity index (χ3v) is 10.0. The van der Waals surface area contributed by atoms with Gasteiger partial charge in [0.25, 0.3) is 0 Å². The maximum Gasteiger partial charge on any atom is 0.331 e. The highest BCUT2D eigenvalue weighted by Crippen LogP contribution is 2.70. The van der Waals surface area contributed by atoms with Crippen molar-refractivity contribution in [3.05, 3.63) is 11.6 Å². The molecule has 0 unspecified atom stereocenters. The summed E-state index contributed by atoms with van der Waals surface area (Å²) in [6.07, 6.45) is 3.83. The molecular formula is C23H34O7. The molecular weight excluding hydrogens is 388 g/mol. The van der Waals surface area contributed by atoms with Crippen LogP contribution < -0.4 is 0 Å². The van der Waals surface area contributed by atoms with Gasteiger partial charge in [0.1, 0.15) is 6.61 Å². The second kappa shape index (κ2) is 6.51. The summed E-state index contributed by atoms with van der Waals surface area (Å²) in [5.74, 6) is -1.07. The Morgan fingerprint density at radius 3 is 2.53 bits per heavy atom. The second-order valence-electron chi connectivity index (χ2n) is 10.9. The zero-order valence-electron chi connectivity index (χ0n) is 17.6. The summed E-state index contributed by atoms with van der Waals surface area (Å²) < 4.78 is 5.13. The molecule has 7 nitrogen and oxygen atoms in total. The molecule has 4 fully saturated rings. The molecule has 5 aliphatic rings. The van der Waals surface area contributed by atoms with Gasteiger partial charge in [-0.2, -0.15) is 0 Å². The largest absolute Gasteiger partial charge is 0.458 e. The molecule has 9 atom stereocenters. The van der Waals surface area contributed by atoms with E-state index in [0.29, 0.717) is 38.5 Å². The van der Waals surface area contributed by atoms with Gasteiger partial charge in [-0.05, 0) is 62.4 Å². The van der Waals surface area contributed by atoms with E-state index < -0.39 is 40.2 Å². The van der Waals surface area contributed by atoms with E-state index >= 15 is 0 Å². The molecule has 1 aliphatic heterocycles. The van der Waals surface area contributed by atoms with Gasteiger partial charge >= 0.3 is 5.97 Å². The fourth-order valence-electron chi connectivity index (χ4n) is 8.59. The van der Waals surface area contributed by atoms with E-state index in [-0.39, 0.29) is 37.4 Å². The van der Waals surface area contributed by atoms with Gasteiger partial charge in [-0.25, -0.2) is 4.79 Å². The van der Waals surface area contributed by atoms with Crippen molar-refractivity contribution in [3.63, 3.8) is 0 Å². The molecule has 0 aromatic carbocycles. The summed E-state index contributed by atoms with van der Waals surface area (Å²) in [7, 11) is 0. The van der Waals surface area contributed by atoms with Crippen LogP contribution in [0, 0.1) is 28.6 Å². The van der Waals surface area contributed by atoms with E-state index in [1.165, 1.54) is 6.08 Å². The molecule has 4 saturated carbocycles. The fraction of sp³-hybridized carbons (Fsp3) is 0.870. The van der Waals surface area contributed by atoms with Gasteiger partial charge < -0.3 is 30.3 Å². The summed E-state index contributed by atoms with van der Waals surface area (Å²) in [6.45, 7) is 2.00. The van der Waals surface area contributed by atoms with E-state index in [4.69, 9.17) is 4.74 Å². The Morgan fingerprint density at radius 2 is 1.87 bits per heavy atom. The van der Waals surface area contributed by atoms with Gasteiger partial charge in [-0.1, -0.05) is 6.92 Å². The predicted octanol–water partition coefficient (Wildman–Crippen LogP) is 0.662. The van der Waals surface area contributed by atoms with Crippen LogP contribution >= 0.6 is 0 Å². The van der Waals surface area contributed by atoms with E-state index in [2.05, 4.69) is 0 Å². The number of carbonyl (C=O) groups excluding carboxylic acids is 1. The monoisotopic (exact) mass is 422 g/mol. The van der Waals surface area contributed by atoms with Crippen molar-refractivity contribution in [3.8, 4) is 0 Å². The van der Waals surface area contributed by atoms with E-state index in [0.717, 1.165) is 12.0 Å². The summed E-state index contributed by atoms with van der Waals surface area (Å²) in [5.41, 5.74) is -2.91. The van der Waals surface area contributed by atoms with Crippen molar-refractivity contribution in [2.75, 3.05) is 13.2 Å². The Morgan fingerprint density at radius 1 is 1.10 bits per heavy atom. The Labute approximate surface area is 176 Å². The first kappa shape index (κ1) is 20.9. The third kappa shape index (κ3) is 2.41. The standard InChI is InChI=1S/C23H34O7/c1-20-10-17(26)19-16(3-6-22(28)9-14(25)2-5-21(19,22)12-24)23(20,29)7-4-15(20)13-8-18(27)30-11-13/h8,14-17,19,24-26,28-29H,2-7,9-12H2,1H3/t14-,15+,16+,17+,19+,20+,21-,22-,23-/m0/s1. The van der Waals surface area contributed by atoms with Crippen LogP contribution in [0.5, 0.6) is 0 Å². The SMILES string of the molecule is C[C@]12C[C@@H](O)[C@H]3[C@@H](CC[C@]4(O)C[C@@H](O)CC[C@]34CO)[C@@]1(O)CC[C@@H]2C1=CC(=O)OC1. The molecule has 168 valence electrons. The molecule has 1 heterocycles. The first-order chi connectivity index (χ1) is 14.1. The molecule has 5 N–H and O–H groups in total. The second-order valence-corrected chi connectivity index (χ2v) is 10.9. The molecule has 0 aromatic rings. The number of hydrogen-bond acceptors (Lipinski definition) is 7. The first-order valence-electron chi connectivity index (χ1n) is 11.4. The lowest BCUT2D eigenvalue weighted by molar-refractivity contribution is -0.292. The van der Waals surface area contributed by atoms with Crippen molar-refractivity contribution in [1.82, 2.24) is 0 Å². The minimum Gasteiger partial charge on any atom is -0.458 e. The normalized spacial score (nSPS) is 55.3. The molecule has 0 aromatic heterocycles. The average Bonchev–Trinajstić information content (AvgIpc) is 3.21. The van der Waals surface area contributed by atoms with Crippen molar-refractivity contribution in [1.29, 1.82) is 0 Å². The van der Waals surface area contributed by atoms with Gasteiger partial charge in [0.2, 0.25) is 0 Å². The molecule has 0 amide bonds. The number of esters is 1. The highest BCUT2D eigenvalue weighted by Gasteiger charge is 2.73. The van der Waals surface area contributed by atoms with Crippen LogP contribution in [0.2, 0.25) is 0 Å². The lowest BCUT2D eigenvalue weighted by atomic mass is 9.41. The van der Waals surface area contributed by atoms with E-state index in [9.17, 15) is 30.3 Å². The van der Waals surface area contributed by atoms with Crippen molar-refractivity contribution in [2.45, 2.75) is 81.7 Å². The minimum atomic E-state index is -1.24. The van der Waals surface area contributed by atoms with Crippen LogP contribution in [0.25, 0.3) is 0 Å². The van der Waals surface area contributed by atoms with Gasteiger partial charge in [0.05, 0.1) is 30.0 Å². The van der Waals surface area contributed by atoms with Gasteiger partial charge in [-0.15, -0.1) is 0 Å². The number of aliphatic hydroxyl groups is 5. The number of rotatable bonds is 2. The molecule has 0 bridgehead atoms. The Balaban J connectivity index is 1.55. The van der Waals surface area contributed by atoms with E-state index in [1.54, 1.807) is 0 Å². The van der Waals surface area contributed by atoms with Gasteiger partial charge in [0.15, 0.2) is 0 Å². The topological polar surface area (TPSA) is 127 Å². The van der Waals surface area contributed by atoms with E-state index in [1.807, 2.05) is 6.92 Å². The van der Waals surface area contributed by atoms with Crippen molar-refractivity contribution in [2.24, 2.45) is 28.6 Å². The fourth-order valence-corrected chi connectivity index (χ4v) is 8.59. The summed E-state index contributed by atoms with van der Waals surface area (Å²) in [6, 6.07) is 0. The number of cyclic esters (lactones) is 1. The van der Waals surface area contributed by atoms with Crippen LogP contribution in [0.1, 0.15) is 58.3 Å². The molecule has 0 spiro atoms. The summed E-state index contributed by atoms with van der Waals surface area (Å²) in [5, 5.41) is 55.9. The molecule has 30 heavy (non-hydrogen) atoms. The minimum absolute atomic E-state index is 0.0383. The van der Waals surface area contributed by atoms with Crippen molar-refractivity contribution >= 4 is 5.97 Å². The Hall–Kier alpha value is -0.990. The zero-order chi connectivity index (χ0) is 21.5. The first-order valence-corrected chi connectivity index (χ1v) is 11.4. The van der Waals surface area contributed by atoms with Gasteiger partial charge in [0, 0.05) is 29.2 Å². The number of aliphatic hydroxyl groups excluding tert-OH is 3. The highest BCUT2D eigenvalue weighted by molar-refractivity contribution is 5.85. The van der Waals surface area contributed by atoms with Crippen LogP contribution in [0.3, 0.4) is 0 Å². The Bertz CT molecular complexity index is 782. The number of carbonyl (C=O) groups is 1. The maximum absolute atomic E-state index is 12.1. The molecule has 7 heteroatoms. The van der Waals surface area contributed by atoms with Crippen LogP contribution in [-0.2, 0) is 9.53 Å². The predicted molar refractivity (Wildman–Crippen MR) is 106 cm³/mol. The summed E-state index contributed by atoms with van der Waals surface area (Å²) >= 11 is 0.